The van der Waals surface area contributed by atoms with E-state index < -0.39 is 50.5 Å². The Bertz CT molecular complexity index is 632. The van der Waals surface area contributed by atoms with Crippen LogP contribution >= 0.6 is 0 Å². The second-order valence-electron chi connectivity index (χ2n) is 3.85. The first-order valence-corrected chi connectivity index (χ1v) is 6.63. The SMILES string of the molecule is C[C@H](O)[C@H](NS(=O)(=O)c1ccc(F)c(F)c1F)C(=O)O. The molecule has 0 saturated heterocycles. The molecule has 0 aliphatic heterocycles. The van der Waals surface area contributed by atoms with Gasteiger partial charge in [0.25, 0.3) is 0 Å². The molecule has 0 saturated carbocycles. The fourth-order valence-corrected chi connectivity index (χ4v) is 2.63. The predicted molar refractivity (Wildman–Crippen MR) is 59.7 cm³/mol. The zero-order valence-electron chi connectivity index (χ0n) is 9.97. The minimum Gasteiger partial charge on any atom is -0.480 e. The molecule has 0 bridgehead atoms. The van der Waals surface area contributed by atoms with Crippen LogP contribution in [0.4, 0.5) is 13.2 Å². The highest BCUT2D eigenvalue weighted by Crippen LogP contribution is 2.20. The minimum absolute atomic E-state index is 0.380. The zero-order chi connectivity index (χ0) is 15.7. The van der Waals surface area contributed by atoms with Gasteiger partial charge >= 0.3 is 5.97 Å². The summed E-state index contributed by atoms with van der Waals surface area (Å²) in [7, 11) is -4.79. The summed E-state index contributed by atoms with van der Waals surface area (Å²) in [4.78, 5) is 9.48. The number of halogens is 3. The van der Waals surface area contributed by atoms with Gasteiger partial charge < -0.3 is 10.2 Å². The standard InChI is InChI=1S/C10H10F3NO5S/c1-4(15)9(10(16)17)14-20(18,19)6-3-2-5(11)7(12)8(6)13/h2-4,9,14-15H,1H3,(H,16,17)/t4-,9-/m0/s1. The van der Waals surface area contributed by atoms with Gasteiger partial charge in [0.05, 0.1) is 6.10 Å². The fraction of sp³-hybridized carbons (Fsp3) is 0.300. The van der Waals surface area contributed by atoms with Gasteiger partial charge in [-0.1, -0.05) is 0 Å². The Morgan fingerprint density at radius 1 is 1.25 bits per heavy atom. The van der Waals surface area contributed by atoms with E-state index in [-0.39, 0.29) is 0 Å². The average molecular weight is 313 g/mol. The molecule has 0 radical (unpaired) electrons. The molecule has 20 heavy (non-hydrogen) atoms. The highest BCUT2D eigenvalue weighted by molar-refractivity contribution is 7.89. The van der Waals surface area contributed by atoms with Gasteiger partial charge in [-0.3, -0.25) is 4.79 Å². The Balaban J connectivity index is 3.25. The number of hydrogen-bond acceptors (Lipinski definition) is 4. The molecule has 1 rings (SSSR count). The van der Waals surface area contributed by atoms with Crippen LogP contribution in [0, 0.1) is 17.5 Å². The van der Waals surface area contributed by atoms with Gasteiger partial charge in [0.2, 0.25) is 10.0 Å². The number of aliphatic hydroxyl groups is 1. The van der Waals surface area contributed by atoms with E-state index in [9.17, 15) is 26.4 Å². The summed E-state index contributed by atoms with van der Waals surface area (Å²) in [5, 5.41) is 17.8. The number of carbonyl (C=O) groups is 1. The van der Waals surface area contributed by atoms with Crippen molar-refractivity contribution in [1.82, 2.24) is 4.72 Å². The van der Waals surface area contributed by atoms with Crippen molar-refractivity contribution in [3.05, 3.63) is 29.6 Å². The maximum absolute atomic E-state index is 13.4. The lowest BCUT2D eigenvalue weighted by atomic mass is 10.2. The fourth-order valence-electron chi connectivity index (χ4n) is 1.30. The summed E-state index contributed by atoms with van der Waals surface area (Å²) < 4.78 is 64.0. The van der Waals surface area contributed by atoms with Crippen LogP contribution in [0.3, 0.4) is 0 Å². The van der Waals surface area contributed by atoms with Crippen LogP contribution in [-0.2, 0) is 14.8 Å². The van der Waals surface area contributed by atoms with Gasteiger partial charge in [-0.2, -0.15) is 4.72 Å². The molecule has 0 unspecified atom stereocenters. The molecular weight excluding hydrogens is 303 g/mol. The topological polar surface area (TPSA) is 104 Å². The number of sulfonamides is 1. The lowest BCUT2D eigenvalue weighted by Crippen LogP contribution is -2.47. The van der Waals surface area contributed by atoms with Gasteiger partial charge in [-0.15, -0.1) is 0 Å². The van der Waals surface area contributed by atoms with Crippen LogP contribution < -0.4 is 4.72 Å². The summed E-state index contributed by atoms with van der Waals surface area (Å²) in [6.45, 7) is 0.989. The number of carboxylic acid groups (broad SMARTS) is 1. The van der Waals surface area contributed by atoms with Crippen LogP contribution in [0.25, 0.3) is 0 Å². The Kier molecular flexibility index (Phi) is 4.73. The molecule has 6 nitrogen and oxygen atoms in total. The molecule has 1 aromatic carbocycles. The number of carboxylic acids is 1. The molecule has 0 spiro atoms. The van der Waals surface area contributed by atoms with E-state index in [0.717, 1.165) is 6.92 Å². The van der Waals surface area contributed by atoms with E-state index in [1.54, 1.807) is 0 Å². The molecule has 0 fully saturated rings. The maximum atomic E-state index is 13.4. The Morgan fingerprint density at radius 3 is 2.25 bits per heavy atom. The van der Waals surface area contributed by atoms with Crippen molar-refractivity contribution in [1.29, 1.82) is 0 Å². The van der Waals surface area contributed by atoms with E-state index in [0.29, 0.717) is 12.1 Å². The van der Waals surface area contributed by atoms with Crippen molar-refractivity contribution in [2.75, 3.05) is 0 Å². The van der Waals surface area contributed by atoms with Crippen LogP contribution in [0.2, 0.25) is 0 Å². The Labute approximate surface area is 111 Å². The van der Waals surface area contributed by atoms with Crippen LogP contribution in [-0.4, -0.2) is 36.7 Å². The molecule has 0 aliphatic rings. The first-order chi connectivity index (χ1) is 9.08. The third kappa shape index (κ3) is 3.26. The van der Waals surface area contributed by atoms with Gasteiger partial charge in [-0.05, 0) is 19.1 Å². The van der Waals surface area contributed by atoms with Crippen molar-refractivity contribution < 1.29 is 36.6 Å². The van der Waals surface area contributed by atoms with Gasteiger partial charge in [0.15, 0.2) is 17.5 Å². The summed E-state index contributed by atoms with van der Waals surface area (Å²) in [5.74, 6) is -7.29. The maximum Gasteiger partial charge on any atom is 0.324 e. The highest BCUT2D eigenvalue weighted by atomic mass is 32.2. The first-order valence-electron chi connectivity index (χ1n) is 5.14. The van der Waals surface area contributed by atoms with E-state index in [2.05, 4.69) is 0 Å². The second-order valence-corrected chi connectivity index (χ2v) is 5.53. The number of benzene rings is 1. The molecule has 2 atom stereocenters. The van der Waals surface area contributed by atoms with Crippen molar-refractivity contribution in [3.8, 4) is 0 Å². The first kappa shape index (κ1) is 16.4. The largest absolute Gasteiger partial charge is 0.480 e. The van der Waals surface area contributed by atoms with Gasteiger partial charge in [0, 0.05) is 0 Å². The quantitative estimate of drug-likeness (QED) is 0.675. The molecule has 0 aliphatic carbocycles. The van der Waals surface area contributed by atoms with E-state index >= 15 is 0 Å². The number of nitrogens with one attached hydrogen (secondary N) is 1. The predicted octanol–water partition coefficient (Wildman–Crippen LogP) is 0.216. The number of aliphatic hydroxyl groups excluding tert-OH is 1. The summed E-state index contributed by atoms with van der Waals surface area (Å²) in [5.41, 5.74) is 0. The lowest BCUT2D eigenvalue weighted by molar-refractivity contribution is -0.141. The molecule has 10 heteroatoms. The van der Waals surface area contributed by atoms with Crippen LogP contribution in [0.1, 0.15) is 6.92 Å². The molecule has 0 heterocycles. The van der Waals surface area contributed by atoms with Crippen LogP contribution in [0.15, 0.2) is 17.0 Å². The van der Waals surface area contributed by atoms with Crippen molar-refractivity contribution in [2.45, 2.75) is 24.0 Å². The average Bonchev–Trinajstić information content (AvgIpc) is 2.32. The molecule has 112 valence electrons. The number of aliphatic carboxylic acids is 1. The normalized spacial score (nSPS) is 14.8. The highest BCUT2D eigenvalue weighted by Gasteiger charge is 2.32. The van der Waals surface area contributed by atoms with Crippen molar-refractivity contribution in [2.24, 2.45) is 0 Å². The molecular formula is C10H10F3NO5S. The smallest absolute Gasteiger partial charge is 0.324 e. The Morgan fingerprint density at radius 2 is 1.80 bits per heavy atom. The van der Waals surface area contributed by atoms with Gasteiger partial charge in [0.1, 0.15) is 10.9 Å². The molecule has 1 aromatic rings. The number of hydrogen-bond donors (Lipinski definition) is 3. The Hall–Kier alpha value is -1.65. The monoisotopic (exact) mass is 313 g/mol. The summed E-state index contributed by atoms with van der Waals surface area (Å²) in [6, 6.07) is -1.14. The van der Waals surface area contributed by atoms with Crippen LogP contribution in [0.5, 0.6) is 0 Å². The zero-order valence-corrected chi connectivity index (χ0v) is 10.8. The summed E-state index contributed by atoms with van der Waals surface area (Å²) in [6.07, 6.45) is -1.63. The molecule has 0 amide bonds. The molecule has 0 aromatic heterocycles. The third-order valence-corrected chi connectivity index (χ3v) is 3.78. The number of rotatable bonds is 5. The van der Waals surface area contributed by atoms with Gasteiger partial charge in [-0.25, -0.2) is 21.6 Å². The molecule has 3 N–H and O–H groups in total. The lowest BCUT2D eigenvalue weighted by Gasteiger charge is -2.17. The second kappa shape index (κ2) is 5.77. The third-order valence-electron chi connectivity index (χ3n) is 2.32. The van der Waals surface area contributed by atoms with Crippen molar-refractivity contribution in [3.63, 3.8) is 0 Å². The van der Waals surface area contributed by atoms with Crippen molar-refractivity contribution >= 4 is 16.0 Å². The van der Waals surface area contributed by atoms with E-state index in [1.165, 1.54) is 4.72 Å². The minimum atomic E-state index is -4.79. The van der Waals surface area contributed by atoms with E-state index in [1.807, 2.05) is 0 Å². The van der Waals surface area contributed by atoms with E-state index in [4.69, 9.17) is 10.2 Å². The summed E-state index contributed by atoms with van der Waals surface area (Å²) >= 11 is 0.